The molecule has 1 aromatic carbocycles. The largest absolute Gasteiger partial charge is 0.302 e. The summed E-state index contributed by atoms with van der Waals surface area (Å²) in [5.74, 6) is -0.500. The Hall–Kier alpha value is -1.77. The molecule has 2 saturated heterocycles. The summed E-state index contributed by atoms with van der Waals surface area (Å²) in [4.78, 5) is 27.0. The van der Waals surface area contributed by atoms with Gasteiger partial charge < -0.3 is 4.90 Å². The van der Waals surface area contributed by atoms with Crippen molar-refractivity contribution >= 4 is 27.5 Å². The van der Waals surface area contributed by atoms with Crippen LogP contribution in [-0.2, 0) is 19.6 Å². The van der Waals surface area contributed by atoms with Crippen LogP contribution in [0.3, 0.4) is 0 Å². The van der Waals surface area contributed by atoms with E-state index < -0.39 is 10.0 Å². The highest BCUT2D eigenvalue weighted by Gasteiger charge is 2.30. The number of rotatable bonds is 6. The average molecular weight is 365 g/mol. The van der Waals surface area contributed by atoms with Crippen molar-refractivity contribution in [2.24, 2.45) is 0 Å². The van der Waals surface area contributed by atoms with Gasteiger partial charge in [-0.3, -0.25) is 14.5 Å². The van der Waals surface area contributed by atoms with Crippen LogP contribution in [-0.4, -0.2) is 51.3 Å². The lowest BCUT2D eigenvalue weighted by Crippen LogP contribution is -2.37. The molecule has 0 spiro atoms. The zero-order valence-corrected chi connectivity index (χ0v) is 14.9. The molecule has 1 N–H and O–H groups in total. The maximum atomic E-state index is 12.4. The zero-order chi connectivity index (χ0) is 17.9. The van der Waals surface area contributed by atoms with Crippen LogP contribution in [0.1, 0.15) is 32.1 Å². The number of sulfonamides is 1. The molecule has 0 unspecified atom stereocenters. The monoisotopic (exact) mass is 365 g/mol. The minimum atomic E-state index is -3.59. The number of carbonyl (C=O) groups excluding carboxylic acids is 2. The highest BCUT2D eigenvalue weighted by Crippen LogP contribution is 2.23. The molecule has 2 amide bonds. The van der Waals surface area contributed by atoms with E-state index in [9.17, 15) is 18.0 Å². The number of benzene rings is 1. The fraction of sp³-hybridized carbons (Fsp3) is 0.529. The van der Waals surface area contributed by atoms with Gasteiger partial charge in [0.1, 0.15) is 0 Å². The van der Waals surface area contributed by atoms with Crippen molar-refractivity contribution in [1.82, 2.24) is 9.62 Å². The normalized spacial score (nSPS) is 19.6. The third-order valence-corrected chi connectivity index (χ3v) is 6.10. The number of carbonyl (C=O) groups is 2. The van der Waals surface area contributed by atoms with E-state index in [1.165, 1.54) is 43.5 Å². The molecule has 2 aliphatic heterocycles. The molecule has 0 bridgehead atoms. The first-order valence-corrected chi connectivity index (χ1v) is 10.1. The molecule has 25 heavy (non-hydrogen) atoms. The van der Waals surface area contributed by atoms with Crippen LogP contribution >= 0.6 is 0 Å². The maximum absolute atomic E-state index is 12.4. The van der Waals surface area contributed by atoms with Gasteiger partial charge in [0.2, 0.25) is 21.8 Å². The molecular weight excluding hydrogens is 342 g/mol. The zero-order valence-electron chi connectivity index (χ0n) is 14.1. The molecule has 2 heterocycles. The first-order chi connectivity index (χ1) is 12.0. The Morgan fingerprint density at radius 2 is 1.52 bits per heavy atom. The van der Waals surface area contributed by atoms with E-state index in [1.807, 2.05) is 0 Å². The molecule has 0 atom stereocenters. The van der Waals surface area contributed by atoms with E-state index in [1.54, 1.807) is 0 Å². The number of hydrogen-bond acceptors (Lipinski definition) is 5. The SMILES string of the molecule is O=C1CCC(=O)N1c1ccc(S(=O)(=O)NCCN2CCCCC2)cc1. The summed E-state index contributed by atoms with van der Waals surface area (Å²) in [5, 5.41) is 0. The predicted octanol–water partition coefficient (Wildman–Crippen LogP) is 1.10. The Morgan fingerprint density at radius 3 is 2.12 bits per heavy atom. The predicted molar refractivity (Wildman–Crippen MR) is 93.6 cm³/mol. The molecule has 3 rings (SSSR count). The number of imide groups is 1. The highest BCUT2D eigenvalue weighted by atomic mass is 32.2. The number of nitrogens with one attached hydrogen (secondary N) is 1. The fourth-order valence-electron chi connectivity index (χ4n) is 3.24. The van der Waals surface area contributed by atoms with E-state index >= 15 is 0 Å². The van der Waals surface area contributed by atoms with E-state index in [0.29, 0.717) is 18.8 Å². The molecule has 2 fully saturated rings. The second-order valence-electron chi connectivity index (χ2n) is 6.42. The number of piperidine rings is 1. The topological polar surface area (TPSA) is 86.8 Å². The van der Waals surface area contributed by atoms with Crippen molar-refractivity contribution in [1.29, 1.82) is 0 Å². The summed E-state index contributed by atoms with van der Waals surface area (Å²) in [5.41, 5.74) is 0.416. The van der Waals surface area contributed by atoms with Gasteiger partial charge >= 0.3 is 0 Å². The second kappa shape index (κ2) is 7.63. The summed E-state index contributed by atoms with van der Waals surface area (Å²) < 4.78 is 27.3. The second-order valence-corrected chi connectivity index (χ2v) is 8.18. The Bertz CT molecular complexity index is 724. The Labute approximate surface area is 148 Å². The lowest BCUT2D eigenvalue weighted by molar-refractivity contribution is -0.121. The van der Waals surface area contributed by atoms with E-state index in [4.69, 9.17) is 0 Å². The maximum Gasteiger partial charge on any atom is 0.240 e. The lowest BCUT2D eigenvalue weighted by atomic mass is 10.1. The third kappa shape index (κ3) is 4.26. The minimum Gasteiger partial charge on any atom is -0.302 e. The van der Waals surface area contributed by atoms with Crippen LogP contribution in [0.25, 0.3) is 0 Å². The van der Waals surface area contributed by atoms with Gasteiger partial charge in [-0.05, 0) is 50.2 Å². The van der Waals surface area contributed by atoms with Crippen molar-refractivity contribution in [3.8, 4) is 0 Å². The van der Waals surface area contributed by atoms with Crippen LogP contribution < -0.4 is 9.62 Å². The summed E-state index contributed by atoms with van der Waals surface area (Å²) in [6.07, 6.45) is 3.99. The van der Waals surface area contributed by atoms with Crippen molar-refractivity contribution in [2.75, 3.05) is 31.1 Å². The average Bonchev–Trinajstić information content (AvgIpc) is 2.94. The Kier molecular flexibility index (Phi) is 5.51. The van der Waals surface area contributed by atoms with Crippen LogP contribution in [0.4, 0.5) is 5.69 Å². The summed E-state index contributed by atoms with van der Waals surface area (Å²) in [7, 11) is -3.59. The van der Waals surface area contributed by atoms with Crippen LogP contribution in [0.5, 0.6) is 0 Å². The quantitative estimate of drug-likeness (QED) is 0.763. The highest BCUT2D eigenvalue weighted by molar-refractivity contribution is 7.89. The van der Waals surface area contributed by atoms with Gasteiger partial charge in [-0.15, -0.1) is 0 Å². The van der Waals surface area contributed by atoms with Gasteiger partial charge in [0.15, 0.2) is 0 Å². The van der Waals surface area contributed by atoms with Gasteiger partial charge in [0.05, 0.1) is 10.6 Å². The number of amides is 2. The lowest BCUT2D eigenvalue weighted by Gasteiger charge is -2.26. The number of anilines is 1. The van der Waals surface area contributed by atoms with Gasteiger partial charge in [0, 0.05) is 25.9 Å². The van der Waals surface area contributed by atoms with Crippen LogP contribution in [0.15, 0.2) is 29.2 Å². The smallest absolute Gasteiger partial charge is 0.240 e. The first kappa shape index (κ1) is 18.0. The van der Waals surface area contributed by atoms with Gasteiger partial charge in [-0.1, -0.05) is 6.42 Å². The molecule has 136 valence electrons. The molecule has 1 aromatic rings. The van der Waals surface area contributed by atoms with E-state index in [-0.39, 0.29) is 29.6 Å². The molecule has 8 heteroatoms. The van der Waals surface area contributed by atoms with Crippen molar-refractivity contribution < 1.29 is 18.0 Å². The van der Waals surface area contributed by atoms with E-state index in [0.717, 1.165) is 18.0 Å². The molecule has 0 radical (unpaired) electrons. The van der Waals surface area contributed by atoms with Crippen molar-refractivity contribution in [3.05, 3.63) is 24.3 Å². The molecule has 0 saturated carbocycles. The first-order valence-electron chi connectivity index (χ1n) is 8.65. The van der Waals surface area contributed by atoms with Gasteiger partial charge in [-0.2, -0.15) is 0 Å². The third-order valence-electron chi connectivity index (χ3n) is 4.63. The number of hydrogen-bond donors (Lipinski definition) is 1. The minimum absolute atomic E-state index is 0.133. The Morgan fingerprint density at radius 1 is 0.920 bits per heavy atom. The van der Waals surface area contributed by atoms with E-state index in [2.05, 4.69) is 9.62 Å². The summed E-state index contributed by atoms with van der Waals surface area (Å²) in [6.45, 7) is 3.11. The molecule has 0 aliphatic carbocycles. The molecule has 2 aliphatic rings. The van der Waals surface area contributed by atoms with Crippen LogP contribution in [0, 0.1) is 0 Å². The standard InChI is InChI=1S/C17H23N3O4S/c21-16-8-9-17(22)20(16)14-4-6-15(7-5-14)25(23,24)18-10-13-19-11-2-1-3-12-19/h4-7,18H,1-3,8-13H2. The number of nitrogens with zero attached hydrogens (tertiary/aromatic N) is 2. The Balaban J connectivity index is 1.60. The van der Waals surface area contributed by atoms with Gasteiger partial charge in [0.25, 0.3) is 0 Å². The molecule has 7 nitrogen and oxygen atoms in total. The molecule has 0 aromatic heterocycles. The summed E-state index contributed by atoms with van der Waals surface area (Å²) >= 11 is 0. The van der Waals surface area contributed by atoms with Crippen molar-refractivity contribution in [2.45, 2.75) is 37.0 Å². The summed E-state index contributed by atoms with van der Waals surface area (Å²) in [6, 6.07) is 5.86. The fourth-order valence-corrected chi connectivity index (χ4v) is 4.26. The number of likely N-dealkylation sites (tertiary alicyclic amines) is 1. The molecular formula is C17H23N3O4S. The van der Waals surface area contributed by atoms with Gasteiger partial charge in [-0.25, -0.2) is 13.1 Å². The van der Waals surface area contributed by atoms with Crippen molar-refractivity contribution in [3.63, 3.8) is 0 Å². The van der Waals surface area contributed by atoms with Crippen LogP contribution in [0.2, 0.25) is 0 Å².